The number of ether oxygens (including phenoxy) is 1. The van der Waals surface area contributed by atoms with Gasteiger partial charge in [0.05, 0.1) is 17.2 Å². The van der Waals surface area contributed by atoms with Crippen molar-refractivity contribution in [1.29, 1.82) is 0 Å². The molecule has 0 spiro atoms. The van der Waals surface area contributed by atoms with E-state index in [9.17, 15) is 4.79 Å². The lowest BCUT2D eigenvalue weighted by Crippen LogP contribution is -2.20. The van der Waals surface area contributed by atoms with Gasteiger partial charge in [0.1, 0.15) is 10.4 Å². The maximum Gasteiger partial charge on any atom is 0.160 e. The van der Waals surface area contributed by atoms with Crippen LogP contribution in [0.25, 0.3) is 5.76 Å². The molecule has 0 amide bonds. The molecule has 0 unspecified atom stereocenters. The van der Waals surface area contributed by atoms with Crippen LogP contribution in [0.5, 0.6) is 0 Å². The van der Waals surface area contributed by atoms with Crippen LogP contribution in [0.4, 0.5) is 0 Å². The Morgan fingerprint density at radius 3 is 3.21 bits per heavy atom. The van der Waals surface area contributed by atoms with Gasteiger partial charge in [-0.3, -0.25) is 4.79 Å². The maximum absolute atomic E-state index is 10.6. The van der Waals surface area contributed by atoms with Crippen molar-refractivity contribution in [2.75, 3.05) is 7.11 Å². The van der Waals surface area contributed by atoms with Crippen molar-refractivity contribution in [3.8, 4) is 0 Å². The van der Waals surface area contributed by atoms with Gasteiger partial charge < -0.3 is 4.74 Å². The van der Waals surface area contributed by atoms with Gasteiger partial charge in [-0.05, 0) is 6.07 Å². The number of fused-ring (bicyclic) bond motifs is 1. The summed E-state index contributed by atoms with van der Waals surface area (Å²) in [6.07, 6.45) is 5.25. The van der Waals surface area contributed by atoms with Crippen LogP contribution in [0.2, 0.25) is 0 Å². The minimum absolute atomic E-state index is 0.684. The van der Waals surface area contributed by atoms with Crippen LogP contribution in [0.3, 0.4) is 0 Å². The fourth-order valence-electron chi connectivity index (χ4n) is 1.34. The smallest absolute Gasteiger partial charge is 0.160 e. The average molecular weight is 207 g/mol. The largest absolute Gasteiger partial charge is 0.500 e. The molecule has 14 heavy (non-hydrogen) atoms. The van der Waals surface area contributed by atoms with Crippen LogP contribution in [-0.2, 0) is 4.74 Å². The molecule has 1 aliphatic heterocycles. The van der Waals surface area contributed by atoms with Crippen LogP contribution in [0.1, 0.15) is 16.1 Å². The predicted octanol–water partition coefficient (Wildman–Crippen LogP) is 0.852. The highest BCUT2D eigenvalue weighted by Crippen LogP contribution is 2.06. The highest BCUT2D eigenvalue weighted by atomic mass is 32.1. The predicted molar refractivity (Wildman–Crippen MR) is 54.7 cm³/mol. The minimum Gasteiger partial charge on any atom is -0.500 e. The molecule has 0 saturated carbocycles. The molecule has 1 aromatic rings. The first-order valence-electron chi connectivity index (χ1n) is 4.20. The van der Waals surface area contributed by atoms with Crippen molar-refractivity contribution in [3.63, 3.8) is 0 Å². The first-order chi connectivity index (χ1) is 6.85. The standard InChI is InChI=1S/C10H9NO2S/c1-13-9-3-2-4-11-10-8(9)5-7(6-12)14-10/h2,4-6H,3H2,1H3. The lowest BCUT2D eigenvalue weighted by molar-refractivity contribution is 0.112. The molecule has 0 aromatic carbocycles. The number of methoxy groups -OCH3 is 1. The van der Waals surface area contributed by atoms with Crippen LogP contribution in [0, 0.1) is 0 Å². The number of carbonyl (C=O) groups excluding carboxylic acids is 1. The topological polar surface area (TPSA) is 38.7 Å². The average Bonchev–Trinajstić information content (AvgIpc) is 2.53. The van der Waals surface area contributed by atoms with E-state index in [2.05, 4.69) is 4.99 Å². The van der Waals surface area contributed by atoms with E-state index in [4.69, 9.17) is 4.74 Å². The lowest BCUT2D eigenvalue weighted by Gasteiger charge is -1.99. The van der Waals surface area contributed by atoms with E-state index in [-0.39, 0.29) is 0 Å². The molecule has 0 saturated heterocycles. The van der Waals surface area contributed by atoms with Gasteiger partial charge in [0, 0.05) is 12.6 Å². The summed E-state index contributed by atoms with van der Waals surface area (Å²) in [4.78, 5) is 15.5. The second-order valence-electron chi connectivity index (χ2n) is 2.83. The molecular weight excluding hydrogens is 198 g/mol. The molecule has 0 aliphatic carbocycles. The number of rotatable bonds is 2. The summed E-state index contributed by atoms with van der Waals surface area (Å²) in [6, 6.07) is 1.82. The van der Waals surface area contributed by atoms with E-state index < -0.39 is 0 Å². The molecule has 2 heterocycles. The molecule has 0 radical (unpaired) electrons. The summed E-state index contributed by atoms with van der Waals surface area (Å²) >= 11 is 1.38. The Morgan fingerprint density at radius 2 is 2.50 bits per heavy atom. The monoisotopic (exact) mass is 207 g/mol. The summed E-state index contributed by atoms with van der Waals surface area (Å²) in [5, 5.41) is 0.935. The van der Waals surface area contributed by atoms with E-state index in [1.54, 1.807) is 13.3 Å². The second kappa shape index (κ2) is 3.75. The maximum atomic E-state index is 10.6. The van der Waals surface area contributed by atoms with E-state index in [1.165, 1.54) is 11.3 Å². The fraction of sp³-hybridized carbons (Fsp3) is 0.200. The van der Waals surface area contributed by atoms with Gasteiger partial charge >= 0.3 is 0 Å². The summed E-state index contributed by atoms with van der Waals surface area (Å²) in [5.41, 5.74) is 0. The third kappa shape index (κ3) is 1.48. The van der Waals surface area contributed by atoms with Crippen LogP contribution >= 0.6 is 11.3 Å². The molecule has 0 N–H and O–H groups in total. The van der Waals surface area contributed by atoms with Crippen molar-refractivity contribution in [2.24, 2.45) is 4.99 Å². The molecule has 0 fully saturated rings. The number of hydrogen-bond acceptors (Lipinski definition) is 4. The van der Waals surface area contributed by atoms with Gasteiger partial charge in [-0.2, -0.15) is 0 Å². The molecule has 3 nitrogen and oxygen atoms in total. The van der Waals surface area contributed by atoms with Crippen molar-refractivity contribution in [1.82, 2.24) is 0 Å². The van der Waals surface area contributed by atoms with Gasteiger partial charge in [0.25, 0.3) is 0 Å². The SMILES string of the molecule is COC1=c2cc(C=O)sc2=NC=CC1. The molecule has 1 aliphatic rings. The van der Waals surface area contributed by atoms with Crippen molar-refractivity contribution in [3.05, 3.63) is 33.1 Å². The number of hydrogen-bond donors (Lipinski definition) is 0. The number of carbonyl (C=O) groups is 1. The van der Waals surface area contributed by atoms with Gasteiger partial charge in [-0.15, -0.1) is 11.3 Å². The Hall–Kier alpha value is -1.42. The highest BCUT2D eigenvalue weighted by Gasteiger charge is 2.05. The number of nitrogens with zero attached hydrogens (tertiary/aromatic N) is 1. The van der Waals surface area contributed by atoms with Crippen LogP contribution < -0.4 is 9.89 Å². The number of thiophene rings is 1. The Bertz CT molecular complexity index is 499. The Morgan fingerprint density at radius 1 is 1.64 bits per heavy atom. The van der Waals surface area contributed by atoms with E-state index >= 15 is 0 Å². The lowest BCUT2D eigenvalue weighted by atomic mass is 10.3. The summed E-state index contributed by atoms with van der Waals surface area (Å²) < 4.78 is 6.10. The van der Waals surface area contributed by atoms with Crippen molar-refractivity contribution in [2.45, 2.75) is 6.42 Å². The summed E-state index contributed by atoms with van der Waals surface area (Å²) in [6.45, 7) is 0. The highest BCUT2D eigenvalue weighted by molar-refractivity contribution is 7.11. The molecule has 0 atom stereocenters. The fourth-order valence-corrected chi connectivity index (χ4v) is 2.18. The molecule has 4 heteroatoms. The third-order valence-corrected chi connectivity index (χ3v) is 2.96. The Kier molecular flexibility index (Phi) is 2.45. The van der Waals surface area contributed by atoms with E-state index in [0.717, 1.165) is 28.4 Å². The van der Waals surface area contributed by atoms with E-state index in [0.29, 0.717) is 4.88 Å². The summed E-state index contributed by atoms with van der Waals surface area (Å²) in [5.74, 6) is 0.863. The van der Waals surface area contributed by atoms with Gasteiger partial charge in [0.2, 0.25) is 0 Å². The zero-order chi connectivity index (χ0) is 9.97. The first kappa shape index (κ1) is 9.15. The first-order valence-corrected chi connectivity index (χ1v) is 5.02. The van der Waals surface area contributed by atoms with Crippen molar-refractivity contribution < 1.29 is 9.53 Å². The Labute approximate surface area is 85.0 Å². The minimum atomic E-state index is 0.684. The normalized spacial score (nSPS) is 14.2. The molecule has 1 aromatic heterocycles. The van der Waals surface area contributed by atoms with Crippen molar-refractivity contribution >= 4 is 23.4 Å². The zero-order valence-electron chi connectivity index (χ0n) is 7.69. The van der Waals surface area contributed by atoms with Crippen LogP contribution in [0.15, 0.2) is 23.3 Å². The molecule has 72 valence electrons. The van der Waals surface area contributed by atoms with Gasteiger partial charge in [-0.25, -0.2) is 4.99 Å². The van der Waals surface area contributed by atoms with Gasteiger partial charge in [0.15, 0.2) is 6.29 Å². The quantitative estimate of drug-likeness (QED) is 0.674. The Balaban J connectivity index is 2.77. The second-order valence-corrected chi connectivity index (χ2v) is 3.89. The zero-order valence-corrected chi connectivity index (χ0v) is 8.50. The molecule has 0 bridgehead atoms. The van der Waals surface area contributed by atoms with E-state index in [1.807, 2.05) is 12.1 Å². The third-order valence-electron chi connectivity index (χ3n) is 1.99. The van der Waals surface area contributed by atoms with Gasteiger partial charge in [-0.1, -0.05) is 6.08 Å². The number of aldehydes is 1. The van der Waals surface area contributed by atoms with Crippen LogP contribution in [-0.4, -0.2) is 13.4 Å². The molecule has 2 rings (SSSR count). The summed E-state index contributed by atoms with van der Waals surface area (Å²) in [7, 11) is 1.64. The molecular formula is C10H9NO2S.